The average Bonchev–Trinajstić information content (AvgIpc) is 2.45. The molecule has 0 aliphatic carbocycles. The van der Waals surface area contributed by atoms with E-state index in [-0.39, 0.29) is 5.56 Å². The van der Waals surface area contributed by atoms with Gasteiger partial charge in [-0.3, -0.25) is 0 Å². The zero-order valence-electron chi connectivity index (χ0n) is 11.5. The predicted molar refractivity (Wildman–Crippen MR) is 79.9 cm³/mol. The quantitative estimate of drug-likeness (QED) is 0.657. The molecular formula is C16H14BrF3O. The lowest BCUT2D eigenvalue weighted by Crippen LogP contribution is -2.10. The van der Waals surface area contributed by atoms with Gasteiger partial charge in [-0.1, -0.05) is 40.2 Å². The summed E-state index contributed by atoms with van der Waals surface area (Å²) in [5, 5.41) is 0. The first kappa shape index (κ1) is 15.9. The number of halogens is 4. The van der Waals surface area contributed by atoms with Crippen molar-refractivity contribution in [2.24, 2.45) is 0 Å². The van der Waals surface area contributed by atoms with E-state index in [2.05, 4.69) is 15.9 Å². The lowest BCUT2D eigenvalue weighted by Gasteiger charge is -2.19. The summed E-state index contributed by atoms with van der Waals surface area (Å²) in [4.78, 5) is -0.527. The summed E-state index contributed by atoms with van der Waals surface area (Å²) in [6, 6.07) is 10.9. The van der Waals surface area contributed by atoms with Gasteiger partial charge >= 0.3 is 6.18 Å². The Bertz CT molecular complexity index is 638. The van der Waals surface area contributed by atoms with Crippen LogP contribution in [0.1, 0.15) is 27.1 Å². The summed E-state index contributed by atoms with van der Waals surface area (Å²) in [5.41, 5.74) is 1.24. The van der Waals surface area contributed by atoms with Gasteiger partial charge in [0.2, 0.25) is 0 Å². The molecule has 21 heavy (non-hydrogen) atoms. The Morgan fingerprint density at radius 2 is 1.71 bits per heavy atom. The SMILES string of the molecule is COc1ccc(C(Br)c2ccccc2C(F)(F)F)c(C)c1. The highest BCUT2D eigenvalue weighted by atomic mass is 79.9. The van der Waals surface area contributed by atoms with Crippen LogP contribution in [-0.2, 0) is 6.18 Å². The van der Waals surface area contributed by atoms with Gasteiger partial charge in [-0.05, 0) is 41.8 Å². The molecule has 0 N–H and O–H groups in total. The average molecular weight is 359 g/mol. The van der Waals surface area contributed by atoms with Crippen LogP contribution in [0, 0.1) is 6.92 Å². The van der Waals surface area contributed by atoms with Gasteiger partial charge in [0, 0.05) is 0 Å². The summed E-state index contributed by atoms with van der Waals surface area (Å²) in [7, 11) is 1.55. The molecule has 1 unspecified atom stereocenters. The molecule has 0 bridgehead atoms. The van der Waals surface area contributed by atoms with E-state index in [0.29, 0.717) is 5.75 Å². The first-order valence-electron chi connectivity index (χ1n) is 6.29. The second-order valence-corrected chi connectivity index (χ2v) is 5.59. The van der Waals surface area contributed by atoms with Crippen molar-refractivity contribution in [2.75, 3.05) is 7.11 Å². The van der Waals surface area contributed by atoms with E-state index < -0.39 is 16.6 Å². The van der Waals surface area contributed by atoms with Crippen molar-refractivity contribution in [3.63, 3.8) is 0 Å². The highest BCUT2D eigenvalue weighted by Gasteiger charge is 2.34. The summed E-state index contributed by atoms with van der Waals surface area (Å²) in [5.74, 6) is 0.681. The predicted octanol–water partition coefficient (Wildman–Crippen LogP) is 5.51. The number of hydrogen-bond donors (Lipinski definition) is 0. The molecule has 0 saturated heterocycles. The lowest BCUT2D eigenvalue weighted by atomic mass is 9.96. The second-order valence-electron chi connectivity index (χ2n) is 4.67. The van der Waals surface area contributed by atoms with E-state index in [0.717, 1.165) is 17.2 Å². The van der Waals surface area contributed by atoms with E-state index in [1.807, 2.05) is 6.92 Å². The van der Waals surface area contributed by atoms with Gasteiger partial charge in [-0.25, -0.2) is 0 Å². The third kappa shape index (κ3) is 3.40. The van der Waals surface area contributed by atoms with Crippen LogP contribution < -0.4 is 4.74 Å². The Labute approximate surface area is 129 Å². The van der Waals surface area contributed by atoms with Gasteiger partial charge in [0.05, 0.1) is 17.5 Å². The minimum absolute atomic E-state index is 0.207. The van der Waals surface area contributed by atoms with E-state index in [1.165, 1.54) is 12.1 Å². The van der Waals surface area contributed by atoms with Crippen LogP contribution in [0.15, 0.2) is 42.5 Å². The Morgan fingerprint density at radius 3 is 2.29 bits per heavy atom. The molecule has 5 heteroatoms. The molecule has 0 radical (unpaired) electrons. The molecule has 0 aliphatic heterocycles. The Hall–Kier alpha value is -1.49. The number of ether oxygens (including phenoxy) is 1. The number of alkyl halides is 4. The van der Waals surface area contributed by atoms with Crippen molar-refractivity contribution in [3.05, 3.63) is 64.7 Å². The van der Waals surface area contributed by atoms with Gasteiger partial charge in [0.25, 0.3) is 0 Å². The molecule has 2 aromatic carbocycles. The fourth-order valence-corrected chi connectivity index (χ4v) is 3.12. The van der Waals surface area contributed by atoms with E-state index in [4.69, 9.17) is 4.74 Å². The van der Waals surface area contributed by atoms with Crippen molar-refractivity contribution >= 4 is 15.9 Å². The number of methoxy groups -OCH3 is 1. The molecule has 2 aromatic rings. The monoisotopic (exact) mass is 358 g/mol. The first-order chi connectivity index (χ1) is 9.84. The summed E-state index contributed by atoms with van der Waals surface area (Å²) in [6.07, 6.45) is -4.37. The molecule has 0 heterocycles. The number of benzene rings is 2. The number of rotatable bonds is 3. The van der Waals surface area contributed by atoms with Gasteiger partial charge in [0.1, 0.15) is 5.75 Å². The lowest BCUT2D eigenvalue weighted by molar-refractivity contribution is -0.138. The molecular weight excluding hydrogens is 345 g/mol. The summed E-state index contributed by atoms with van der Waals surface area (Å²) >= 11 is 3.39. The maximum absolute atomic E-state index is 13.1. The molecule has 0 fully saturated rings. The van der Waals surface area contributed by atoms with E-state index in [9.17, 15) is 13.2 Å². The molecule has 0 amide bonds. The molecule has 0 saturated carbocycles. The standard InChI is InChI=1S/C16H14BrF3O/c1-10-9-11(21-2)7-8-12(10)15(17)13-5-3-4-6-14(13)16(18,19)20/h3-9,15H,1-2H3. The zero-order valence-corrected chi connectivity index (χ0v) is 13.1. The third-order valence-electron chi connectivity index (χ3n) is 3.29. The maximum atomic E-state index is 13.1. The molecule has 112 valence electrons. The summed E-state index contributed by atoms with van der Waals surface area (Å²) < 4.78 is 44.4. The maximum Gasteiger partial charge on any atom is 0.416 e. The van der Waals surface area contributed by atoms with Crippen LogP contribution in [0.5, 0.6) is 5.75 Å². The minimum atomic E-state index is -4.37. The molecule has 1 atom stereocenters. The first-order valence-corrected chi connectivity index (χ1v) is 7.21. The van der Waals surface area contributed by atoms with E-state index in [1.54, 1.807) is 31.4 Å². The van der Waals surface area contributed by atoms with Crippen LogP contribution in [0.4, 0.5) is 13.2 Å². The molecule has 0 spiro atoms. The Balaban J connectivity index is 2.48. The normalized spacial score (nSPS) is 13.0. The van der Waals surface area contributed by atoms with Crippen LogP contribution in [0.25, 0.3) is 0 Å². The third-order valence-corrected chi connectivity index (χ3v) is 4.28. The fourth-order valence-electron chi connectivity index (χ4n) is 2.20. The zero-order chi connectivity index (χ0) is 15.6. The molecule has 0 aromatic heterocycles. The topological polar surface area (TPSA) is 9.23 Å². The van der Waals surface area contributed by atoms with Crippen LogP contribution in [0.2, 0.25) is 0 Å². The van der Waals surface area contributed by atoms with Crippen molar-refractivity contribution < 1.29 is 17.9 Å². The van der Waals surface area contributed by atoms with Crippen molar-refractivity contribution in [3.8, 4) is 5.75 Å². The van der Waals surface area contributed by atoms with Crippen LogP contribution in [0.3, 0.4) is 0 Å². The fraction of sp³-hybridized carbons (Fsp3) is 0.250. The number of hydrogen-bond acceptors (Lipinski definition) is 1. The second kappa shape index (κ2) is 6.10. The summed E-state index contributed by atoms with van der Waals surface area (Å²) in [6.45, 7) is 1.85. The van der Waals surface area contributed by atoms with Crippen molar-refractivity contribution in [2.45, 2.75) is 17.9 Å². The van der Waals surface area contributed by atoms with Gasteiger partial charge in [-0.2, -0.15) is 13.2 Å². The molecule has 2 rings (SSSR count). The van der Waals surface area contributed by atoms with Gasteiger partial charge in [-0.15, -0.1) is 0 Å². The van der Waals surface area contributed by atoms with Gasteiger partial charge < -0.3 is 4.74 Å². The van der Waals surface area contributed by atoms with Gasteiger partial charge in [0.15, 0.2) is 0 Å². The highest BCUT2D eigenvalue weighted by molar-refractivity contribution is 9.09. The molecule has 0 aliphatic rings. The van der Waals surface area contributed by atoms with Crippen molar-refractivity contribution in [1.82, 2.24) is 0 Å². The number of aryl methyl sites for hydroxylation is 1. The van der Waals surface area contributed by atoms with Crippen molar-refractivity contribution in [1.29, 1.82) is 0 Å². The highest BCUT2D eigenvalue weighted by Crippen LogP contribution is 2.41. The van der Waals surface area contributed by atoms with Crippen LogP contribution in [-0.4, -0.2) is 7.11 Å². The van der Waals surface area contributed by atoms with E-state index >= 15 is 0 Å². The Kier molecular flexibility index (Phi) is 4.61. The van der Waals surface area contributed by atoms with Crippen LogP contribution >= 0.6 is 15.9 Å². The molecule has 1 nitrogen and oxygen atoms in total. The Morgan fingerprint density at radius 1 is 1.05 bits per heavy atom. The largest absolute Gasteiger partial charge is 0.497 e. The smallest absolute Gasteiger partial charge is 0.416 e. The minimum Gasteiger partial charge on any atom is -0.497 e.